The molecule has 0 aromatic heterocycles. The number of hydroxylamine groups is 2. The van der Waals surface area contributed by atoms with E-state index in [0.717, 1.165) is 12.1 Å². The average molecular weight is 403 g/mol. The average Bonchev–Trinajstić information content (AvgIpc) is 3.24. The van der Waals surface area contributed by atoms with E-state index in [-0.39, 0.29) is 16.9 Å². The number of hydrogen-bond donors (Lipinski definition) is 0. The van der Waals surface area contributed by atoms with Crippen LogP contribution in [0.3, 0.4) is 0 Å². The number of benzene rings is 1. The van der Waals surface area contributed by atoms with Crippen molar-refractivity contribution in [2.45, 2.75) is 12.6 Å². The molecular weight excluding hydrogens is 391 g/mol. The van der Waals surface area contributed by atoms with Crippen LogP contribution in [0.2, 0.25) is 0 Å². The third-order valence-corrected chi connectivity index (χ3v) is 5.70. The number of imide groups is 1. The fourth-order valence-corrected chi connectivity index (χ4v) is 4.58. The monoisotopic (exact) mass is 403 g/mol. The van der Waals surface area contributed by atoms with E-state index in [4.69, 9.17) is 0 Å². The summed E-state index contributed by atoms with van der Waals surface area (Å²) in [4.78, 5) is 24.7. The zero-order valence-corrected chi connectivity index (χ0v) is 14.2. The van der Waals surface area contributed by atoms with Crippen molar-refractivity contribution in [3.63, 3.8) is 0 Å². The third-order valence-electron chi connectivity index (χ3n) is 4.98. The van der Waals surface area contributed by atoms with Gasteiger partial charge in [-0.1, -0.05) is 12.2 Å². The number of allylic oxidation sites excluding steroid dienone is 2. The number of halogens is 3. The Bertz CT molecular complexity index is 910. The summed E-state index contributed by atoms with van der Waals surface area (Å²) in [7, 11) is -4.90. The van der Waals surface area contributed by atoms with Gasteiger partial charge in [0.1, 0.15) is 5.75 Å². The Kier molecular flexibility index (Phi) is 3.86. The molecule has 2 aliphatic carbocycles. The lowest BCUT2D eigenvalue weighted by Crippen LogP contribution is -2.36. The van der Waals surface area contributed by atoms with Crippen LogP contribution in [0.25, 0.3) is 0 Å². The van der Waals surface area contributed by atoms with E-state index < -0.39 is 51.5 Å². The summed E-state index contributed by atoms with van der Waals surface area (Å²) in [5.74, 6) is -3.57. The zero-order valence-electron chi connectivity index (χ0n) is 13.4. The molecule has 2 amide bonds. The van der Waals surface area contributed by atoms with Gasteiger partial charge in [-0.25, -0.2) is 0 Å². The van der Waals surface area contributed by atoms with Crippen molar-refractivity contribution >= 4 is 22.2 Å². The van der Waals surface area contributed by atoms with Crippen LogP contribution in [0.4, 0.5) is 13.2 Å². The lowest BCUT2D eigenvalue weighted by Gasteiger charge is -2.15. The molecule has 4 unspecified atom stereocenters. The highest BCUT2D eigenvalue weighted by atomic mass is 32.3. The second-order valence-electron chi connectivity index (χ2n) is 6.56. The molecule has 7 nitrogen and oxygen atoms in total. The van der Waals surface area contributed by atoms with Gasteiger partial charge in [0.15, 0.2) is 0 Å². The third kappa shape index (κ3) is 3.00. The van der Waals surface area contributed by atoms with Gasteiger partial charge < -0.3 is 4.18 Å². The molecule has 1 saturated carbocycles. The molecule has 27 heavy (non-hydrogen) atoms. The summed E-state index contributed by atoms with van der Waals surface area (Å²) < 4.78 is 70.6. The van der Waals surface area contributed by atoms with Gasteiger partial charge in [0.25, 0.3) is 11.8 Å². The molecule has 0 radical (unpaired) electrons. The molecule has 2 bridgehead atoms. The van der Waals surface area contributed by atoms with E-state index in [1.807, 2.05) is 12.2 Å². The lowest BCUT2D eigenvalue weighted by atomic mass is 9.85. The first-order valence-electron chi connectivity index (χ1n) is 7.94. The molecule has 0 spiro atoms. The number of fused-ring (bicyclic) bond motifs is 5. The van der Waals surface area contributed by atoms with Crippen molar-refractivity contribution in [3.8, 4) is 5.75 Å². The van der Waals surface area contributed by atoms with Crippen LogP contribution in [0, 0.1) is 23.7 Å². The molecule has 4 atom stereocenters. The molecule has 2 fully saturated rings. The summed E-state index contributed by atoms with van der Waals surface area (Å²) in [6.45, 7) is 0. The first-order valence-corrected chi connectivity index (χ1v) is 9.27. The summed E-state index contributed by atoms with van der Waals surface area (Å²) >= 11 is 0. The van der Waals surface area contributed by atoms with Gasteiger partial charge in [-0.3, -0.25) is 9.59 Å². The van der Waals surface area contributed by atoms with Crippen molar-refractivity contribution < 1.29 is 39.6 Å². The first-order chi connectivity index (χ1) is 12.6. The lowest BCUT2D eigenvalue weighted by molar-refractivity contribution is -0.167. The number of carbonyl (C=O) groups is 2. The molecular formula is C16H12F3NO6S. The fourth-order valence-electron chi connectivity index (χ4n) is 3.87. The van der Waals surface area contributed by atoms with Crippen LogP contribution in [0.1, 0.15) is 12.0 Å². The van der Waals surface area contributed by atoms with Gasteiger partial charge in [0.2, 0.25) is 0 Å². The van der Waals surface area contributed by atoms with E-state index in [9.17, 15) is 31.2 Å². The van der Waals surface area contributed by atoms with E-state index in [0.29, 0.717) is 18.6 Å². The maximum atomic E-state index is 12.5. The van der Waals surface area contributed by atoms with Crippen molar-refractivity contribution in [2.24, 2.45) is 23.7 Å². The molecule has 4 rings (SSSR count). The second-order valence-corrected chi connectivity index (χ2v) is 7.69. The maximum Gasteiger partial charge on any atom is 0.471 e. The van der Waals surface area contributed by atoms with Crippen LogP contribution in [-0.4, -0.2) is 25.3 Å². The smallest absolute Gasteiger partial charge is 0.360 e. The highest BCUT2D eigenvalue weighted by Crippen LogP contribution is 2.52. The Morgan fingerprint density at radius 3 is 1.96 bits per heavy atom. The predicted octanol–water partition coefficient (Wildman–Crippen LogP) is 2.07. The fraction of sp³-hybridized carbons (Fsp3) is 0.375. The number of hydrogen-bond acceptors (Lipinski definition) is 6. The molecule has 1 heterocycles. The Balaban J connectivity index is 1.48. The summed E-state index contributed by atoms with van der Waals surface area (Å²) in [5.41, 5.74) is -0.992. The highest BCUT2D eigenvalue weighted by Gasteiger charge is 2.61. The van der Waals surface area contributed by atoms with Crippen LogP contribution < -0.4 is 4.18 Å². The Morgan fingerprint density at radius 1 is 0.963 bits per heavy atom. The van der Waals surface area contributed by atoms with E-state index in [1.165, 1.54) is 0 Å². The van der Waals surface area contributed by atoms with Gasteiger partial charge in [0, 0.05) is 0 Å². The van der Waals surface area contributed by atoms with Crippen LogP contribution in [-0.2, 0) is 30.4 Å². The minimum absolute atomic E-state index is 0.136. The highest BCUT2D eigenvalue weighted by molar-refractivity contribution is 7.82. The van der Waals surface area contributed by atoms with Crippen LogP contribution in [0.15, 0.2) is 36.4 Å². The number of rotatable bonds is 4. The predicted molar refractivity (Wildman–Crippen MR) is 81.6 cm³/mol. The molecule has 0 N–H and O–H groups in total. The number of nitrogens with zero attached hydrogens (tertiary/aromatic N) is 1. The number of carbonyl (C=O) groups excluding carboxylic acids is 2. The summed E-state index contributed by atoms with van der Waals surface area (Å²) in [6.07, 6.45) is -0.273. The van der Waals surface area contributed by atoms with Crippen molar-refractivity contribution in [2.75, 3.05) is 0 Å². The van der Waals surface area contributed by atoms with Crippen molar-refractivity contribution in [1.29, 1.82) is 0 Å². The Morgan fingerprint density at radius 2 is 1.48 bits per heavy atom. The number of alkyl halides is 3. The number of amides is 2. The van der Waals surface area contributed by atoms with Crippen molar-refractivity contribution in [1.82, 2.24) is 5.06 Å². The molecule has 144 valence electrons. The Hall–Kier alpha value is -2.40. The van der Waals surface area contributed by atoms with Gasteiger partial charge in [-0.05, 0) is 42.5 Å². The van der Waals surface area contributed by atoms with Crippen molar-refractivity contribution in [3.05, 3.63) is 42.0 Å². The van der Waals surface area contributed by atoms with Crippen LogP contribution >= 0.6 is 0 Å². The first kappa shape index (κ1) is 18.0. The quantitative estimate of drug-likeness (QED) is 0.565. The molecule has 11 heteroatoms. The van der Waals surface area contributed by atoms with E-state index in [2.05, 4.69) is 8.47 Å². The Labute approximate surface area is 151 Å². The molecule has 1 aromatic carbocycles. The van der Waals surface area contributed by atoms with Gasteiger partial charge in [0.05, 0.1) is 17.4 Å². The van der Waals surface area contributed by atoms with Gasteiger partial charge in [-0.2, -0.15) is 21.6 Å². The second kappa shape index (κ2) is 5.80. The summed E-state index contributed by atoms with van der Waals surface area (Å²) in [5, 5.41) is 0.181. The minimum Gasteiger partial charge on any atom is -0.360 e. The standard InChI is InChI=1S/C16H12F3NO6S/c17-16(18,19)10-3-5-11(6-4-10)25-27(23,24)26-20-14(21)12-8-1-2-9(7-8)13(12)15(20)22/h1-6,8-9,12-13H,7H2. The summed E-state index contributed by atoms with van der Waals surface area (Å²) in [6, 6.07) is 2.84. The van der Waals surface area contributed by atoms with Crippen LogP contribution in [0.5, 0.6) is 5.75 Å². The minimum atomic E-state index is -4.90. The molecule has 1 aliphatic heterocycles. The molecule has 1 aromatic rings. The molecule has 1 saturated heterocycles. The molecule has 3 aliphatic rings. The largest absolute Gasteiger partial charge is 0.471 e. The van der Waals surface area contributed by atoms with Gasteiger partial charge >= 0.3 is 16.6 Å². The zero-order chi connectivity index (χ0) is 19.6. The SMILES string of the molecule is O=C1C2C3C=CC(C3)C2C(=O)N1OS(=O)(=O)Oc1ccc(C(F)(F)F)cc1. The normalized spacial score (nSPS) is 29.5. The van der Waals surface area contributed by atoms with Gasteiger partial charge in [-0.15, -0.1) is 9.35 Å². The van der Waals surface area contributed by atoms with E-state index >= 15 is 0 Å². The maximum absolute atomic E-state index is 12.5. The van der Waals surface area contributed by atoms with E-state index in [1.54, 1.807) is 0 Å². The topological polar surface area (TPSA) is 90.0 Å².